The largest absolute Gasteiger partial charge is 0.297 e. The summed E-state index contributed by atoms with van der Waals surface area (Å²) in [4.78, 5) is 19.6. The normalized spacial score (nSPS) is 20.4. The Bertz CT molecular complexity index is 1130. The van der Waals surface area contributed by atoms with Crippen molar-refractivity contribution in [2.45, 2.75) is 37.1 Å². The van der Waals surface area contributed by atoms with Crippen molar-refractivity contribution in [1.82, 2.24) is 19.7 Å². The molecule has 1 aliphatic carbocycles. The van der Waals surface area contributed by atoms with Gasteiger partial charge in [0.15, 0.2) is 5.78 Å². The second-order valence-corrected chi connectivity index (χ2v) is 9.85. The summed E-state index contributed by atoms with van der Waals surface area (Å²) < 4.78 is 16.6. The van der Waals surface area contributed by atoms with E-state index in [1.54, 1.807) is 23.5 Å². The standard InChI is InChI=1S/C24H25FN4OS2.2ClH/c25-21-4-2-1-3-20(21)23(24(30)16-5-6-16)28-9-8-22(31)17(12-28)11-18-7-10-29(27-18)13-19-14-32-15-26-19;;/h1-4,7,10-11,14-16,22-23,31H,5-6,8-9,12-13H2;2*1H/b17-11-;;. The number of hydrogen-bond donors (Lipinski definition) is 1. The van der Waals surface area contributed by atoms with Crippen molar-refractivity contribution in [3.05, 3.63) is 75.8 Å². The number of Topliss-reactive ketones (excluding diaryl/α,β-unsaturated/α-hetero) is 1. The molecule has 34 heavy (non-hydrogen) atoms. The number of carbonyl (C=O) groups is 1. The van der Waals surface area contributed by atoms with Gasteiger partial charge >= 0.3 is 0 Å². The zero-order valence-electron chi connectivity index (χ0n) is 18.4. The number of halogens is 3. The summed E-state index contributed by atoms with van der Waals surface area (Å²) in [6.45, 7) is 1.92. The highest BCUT2D eigenvalue weighted by Crippen LogP contribution is 2.39. The molecule has 0 N–H and O–H groups in total. The lowest BCUT2D eigenvalue weighted by atomic mass is 9.93. The lowest BCUT2D eigenvalue weighted by Gasteiger charge is -2.37. The van der Waals surface area contributed by atoms with Crippen LogP contribution in [-0.2, 0) is 11.3 Å². The number of benzene rings is 1. The first kappa shape index (κ1) is 26.9. The van der Waals surface area contributed by atoms with E-state index in [2.05, 4.69) is 21.1 Å². The van der Waals surface area contributed by atoms with Crippen molar-refractivity contribution < 1.29 is 9.18 Å². The number of thiazole rings is 1. The molecule has 2 atom stereocenters. The highest BCUT2D eigenvalue weighted by molar-refractivity contribution is 7.81. The molecule has 3 aromatic rings. The van der Waals surface area contributed by atoms with Crippen LogP contribution in [0, 0.1) is 11.7 Å². The molecule has 2 unspecified atom stereocenters. The van der Waals surface area contributed by atoms with Crippen LogP contribution in [0.4, 0.5) is 4.39 Å². The van der Waals surface area contributed by atoms with E-state index in [9.17, 15) is 9.18 Å². The van der Waals surface area contributed by atoms with Crippen LogP contribution in [-0.4, -0.2) is 43.8 Å². The Morgan fingerprint density at radius 1 is 1.24 bits per heavy atom. The second kappa shape index (κ2) is 11.8. The van der Waals surface area contributed by atoms with E-state index in [1.807, 2.05) is 33.9 Å². The van der Waals surface area contributed by atoms with Crippen molar-refractivity contribution in [1.29, 1.82) is 0 Å². The molecule has 2 aliphatic rings. The van der Waals surface area contributed by atoms with Crippen LogP contribution in [0.2, 0.25) is 0 Å². The van der Waals surface area contributed by atoms with Gasteiger partial charge in [-0.05, 0) is 43.0 Å². The van der Waals surface area contributed by atoms with Gasteiger partial charge in [-0.1, -0.05) is 18.2 Å². The van der Waals surface area contributed by atoms with Crippen LogP contribution in [0.3, 0.4) is 0 Å². The fourth-order valence-corrected chi connectivity index (χ4v) is 5.11. The van der Waals surface area contributed by atoms with E-state index in [-0.39, 0.29) is 47.6 Å². The first-order chi connectivity index (χ1) is 15.6. The Morgan fingerprint density at radius 2 is 2.03 bits per heavy atom. The molecule has 1 saturated heterocycles. The van der Waals surface area contributed by atoms with Gasteiger partial charge in [-0.25, -0.2) is 9.37 Å². The average Bonchev–Trinajstić information content (AvgIpc) is 3.35. The molecular formula is C24H27Cl2FN4OS2. The molecule has 0 radical (unpaired) electrons. The average molecular weight is 542 g/mol. The van der Waals surface area contributed by atoms with Crippen LogP contribution in [0.1, 0.15) is 42.3 Å². The third kappa shape index (κ3) is 6.10. The summed E-state index contributed by atoms with van der Waals surface area (Å²) in [6, 6.07) is 8.10. The maximum absolute atomic E-state index is 14.7. The quantitative estimate of drug-likeness (QED) is 0.403. The first-order valence-corrected chi connectivity index (χ1v) is 12.4. The molecule has 2 fully saturated rings. The third-order valence-corrected chi connectivity index (χ3v) is 7.34. The number of carbonyl (C=O) groups excluding carboxylic acids is 1. The lowest BCUT2D eigenvalue weighted by molar-refractivity contribution is -0.126. The summed E-state index contributed by atoms with van der Waals surface area (Å²) >= 11 is 6.36. The van der Waals surface area contributed by atoms with Gasteiger partial charge in [0.25, 0.3) is 0 Å². The molecular weight excluding hydrogens is 514 g/mol. The molecule has 3 heterocycles. The monoisotopic (exact) mass is 540 g/mol. The van der Waals surface area contributed by atoms with E-state index in [1.165, 1.54) is 6.07 Å². The molecule has 0 spiro atoms. The molecule has 1 saturated carbocycles. The van der Waals surface area contributed by atoms with E-state index in [0.29, 0.717) is 25.2 Å². The fourth-order valence-electron chi connectivity index (χ4n) is 4.29. The maximum atomic E-state index is 14.7. The topological polar surface area (TPSA) is 51.0 Å². The van der Waals surface area contributed by atoms with Crippen molar-refractivity contribution >= 4 is 60.6 Å². The maximum Gasteiger partial charge on any atom is 0.157 e. The molecule has 0 amide bonds. The van der Waals surface area contributed by atoms with Crippen molar-refractivity contribution in [3.8, 4) is 0 Å². The minimum absolute atomic E-state index is 0. The summed E-state index contributed by atoms with van der Waals surface area (Å²) in [5, 5.41) is 6.76. The van der Waals surface area contributed by atoms with Crippen molar-refractivity contribution in [2.75, 3.05) is 13.1 Å². The second-order valence-electron chi connectivity index (χ2n) is 8.51. The summed E-state index contributed by atoms with van der Waals surface area (Å²) in [5.74, 6) is -0.118. The van der Waals surface area contributed by atoms with E-state index in [0.717, 1.165) is 36.2 Å². The van der Waals surface area contributed by atoms with Gasteiger partial charge in [-0.15, -0.1) is 36.2 Å². The predicted molar refractivity (Wildman–Crippen MR) is 142 cm³/mol. The number of nitrogens with zero attached hydrogens (tertiary/aromatic N) is 4. The molecule has 182 valence electrons. The number of likely N-dealkylation sites (tertiary alicyclic amines) is 1. The Labute approximate surface area is 220 Å². The highest BCUT2D eigenvalue weighted by Gasteiger charge is 2.40. The number of rotatable bonds is 7. The Kier molecular flexibility index (Phi) is 9.34. The van der Waals surface area contributed by atoms with Crippen LogP contribution >= 0.6 is 48.8 Å². The molecule has 5 rings (SSSR count). The van der Waals surface area contributed by atoms with Gasteiger partial charge in [0.1, 0.15) is 5.82 Å². The van der Waals surface area contributed by atoms with Crippen LogP contribution < -0.4 is 0 Å². The number of thiol groups is 1. The molecule has 10 heteroatoms. The van der Waals surface area contributed by atoms with Gasteiger partial charge in [0, 0.05) is 41.4 Å². The SMILES string of the molecule is Cl.Cl.O=C(C1CC1)C(c1ccccc1F)N1CCC(S)/C(=C\c2ccn(Cc3cscn3)n2)C1. The summed E-state index contributed by atoms with van der Waals surface area (Å²) in [5.41, 5.74) is 5.24. The first-order valence-electron chi connectivity index (χ1n) is 10.9. The van der Waals surface area contributed by atoms with Crippen molar-refractivity contribution in [3.63, 3.8) is 0 Å². The minimum atomic E-state index is -0.546. The summed E-state index contributed by atoms with van der Waals surface area (Å²) in [7, 11) is 0. The Balaban J connectivity index is 0.00000162. The Morgan fingerprint density at radius 3 is 2.74 bits per heavy atom. The Hall–Kier alpha value is -1.71. The van der Waals surface area contributed by atoms with Crippen molar-refractivity contribution in [2.24, 2.45) is 5.92 Å². The molecule has 1 aliphatic heterocycles. The van der Waals surface area contributed by atoms with Crippen LogP contribution in [0.25, 0.3) is 6.08 Å². The molecule has 0 bridgehead atoms. The minimum Gasteiger partial charge on any atom is -0.297 e. The summed E-state index contributed by atoms with van der Waals surface area (Å²) in [6.07, 6.45) is 6.62. The number of ketones is 1. The van der Waals surface area contributed by atoms with Crippen LogP contribution in [0.5, 0.6) is 0 Å². The smallest absolute Gasteiger partial charge is 0.157 e. The molecule has 2 aromatic heterocycles. The van der Waals surface area contributed by atoms with Gasteiger partial charge < -0.3 is 0 Å². The zero-order chi connectivity index (χ0) is 22.1. The number of piperidine rings is 1. The number of hydrogen-bond acceptors (Lipinski definition) is 6. The van der Waals surface area contributed by atoms with Gasteiger partial charge in [-0.3, -0.25) is 14.4 Å². The van der Waals surface area contributed by atoms with E-state index < -0.39 is 6.04 Å². The lowest BCUT2D eigenvalue weighted by Crippen LogP contribution is -2.42. The highest BCUT2D eigenvalue weighted by atomic mass is 35.5. The fraction of sp³-hybridized carbons (Fsp3) is 0.375. The van der Waals surface area contributed by atoms with Gasteiger partial charge in [0.05, 0.1) is 29.5 Å². The molecule has 5 nitrogen and oxygen atoms in total. The zero-order valence-corrected chi connectivity index (χ0v) is 21.8. The van der Waals surface area contributed by atoms with Gasteiger partial charge in [-0.2, -0.15) is 17.7 Å². The van der Waals surface area contributed by atoms with Gasteiger partial charge in [0.2, 0.25) is 0 Å². The molecule has 1 aromatic carbocycles. The van der Waals surface area contributed by atoms with Crippen LogP contribution in [0.15, 0.2) is 53.0 Å². The van der Waals surface area contributed by atoms with E-state index in [4.69, 9.17) is 12.6 Å². The third-order valence-electron chi connectivity index (χ3n) is 6.12. The number of aromatic nitrogens is 3. The predicted octanol–water partition coefficient (Wildman–Crippen LogP) is 5.48. The van der Waals surface area contributed by atoms with E-state index >= 15 is 0 Å².